The highest BCUT2D eigenvalue weighted by molar-refractivity contribution is 5.95. The van der Waals surface area contributed by atoms with Crippen LogP contribution in [-0.4, -0.2) is 87.3 Å². The number of benzene rings is 1. The first-order valence-electron chi connectivity index (χ1n) is 13.1. The summed E-state index contributed by atoms with van der Waals surface area (Å²) in [6.45, 7) is 5.66. The van der Waals surface area contributed by atoms with E-state index in [1.165, 1.54) is 12.3 Å². The first kappa shape index (κ1) is 27.1. The van der Waals surface area contributed by atoms with Gasteiger partial charge in [-0.15, -0.1) is 0 Å². The summed E-state index contributed by atoms with van der Waals surface area (Å²) in [5.41, 5.74) is 0.830. The van der Waals surface area contributed by atoms with Gasteiger partial charge in [-0.1, -0.05) is 5.16 Å². The average Bonchev–Trinajstić information content (AvgIpc) is 3.73. The van der Waals surface area contributed by atoms with E-state index in [1.54, 1.807) is 48.5 Å². The molecule has 1 fully saturated rings. The van der Waals surface area contributed by atoms with E-state index in [2.05, 4.69) is 30.6 Å². The van der Waals surface area contributed by atoms with Crippen LogP contribution in [0.5, 0.6) is 5.75 Å². The molecular formula is C27H30FN7O5. The van der Waals surface area contributed by atoms with Gasteiger partial charge < -0.3 is 28.8 Å². The van der Waals surface area contributed by atoms with Gasteiger partial charge in [-0.05, 0) is 50.6 Å². The van der Waals surface area contributed by atoms with Crippen LogP contribution in [0.15, 0.2) is 57.9 Å². The predicted octanol–water partition coefficient (Wildman–Crippen LogP) is 2.98. The number of carbonyl (C=O) groups is 2. The Morgan fingerprint density at radius 1 is 1.23 bits per heavy atom. The van der Waals surface area contributed by atoms with Crippen molar-refractivity contribution in [2.24, 2.45) is 0 Å². The Labute approximate surface area is 229 Å². The zero-order valence-electron chi connectivity index (χ0n) is 22.0. The van der Waals surface area contributed by atoms with Crippen LogP contribution in [0.25, 0.3) is 22.8 Å². The fourth-order valence-corrected chi connectivity index (χ4v) is 4.49. The van der Waals surface area contributed by atoms with Crippen LogP contribution in [0.1, 0.15) is 30.3 Å². The van der Waals surface area contributed by atoms with Crippen LogP contribution in [-0.2, 0) is 4.79 Å². The lowest BCUT2D eigenvalue weighted by molar-refractivity contribution is -0.132. The number of nitrogens with zero attached hydrogens (tertiary/aromatic N) is 5. The van der Waals surface area contributed by atoms with Crippen LogP contribution in [0.4, 0.5) is 4.39 Å². The monoisotopic (exact) mass is 551 g/mol. The lowest BCUT2D eigenvalue weighted by Crippen LogP contribution is -2.48. The van der Waals surface area contributed by atoms with E-state index in [0.717, 1.165) is 32.5 Å². The first-order chi connectivity index (χ1) is 19.5. The van der Waals surface area contributed by atoms with Gasteiger partial charge in [0.25, 0.3) is 11.8 Å². The molecule has 0 spiro atoms. The number of hydrogen-bond donors (Lipinski definition) is 2. The summed E-state index contributed by atoms with van der Waals surface area (Å²) < 4.78 is 30.8. The van der Waals surface area contributed by atoms with E-state index in [1.807, 2.05) is 0 Å². The quantitative estimate of drug-likeness (QED) is 0.284. The Bertz CT molecular complexity index is 1410. The van der Waals surface area contributed by atoms with Crippen molar-refractivity contribution in [1.29, 1.82) is 0 Å². The molecule has 13 heteroatoms. The third-order valence-corrected chi connectivity index (χ3v) is 6.60. The second-order valence-corrected chi connectivity index (χ2v) is 9.45. The fourth-order valence-electron chi connectivity index (χ4n) is 4.49. The maximum absolute atomic E-state index is 14.7. The highest BCUT2D eigenvalue weighted by atomic mass is 19.1. The van der Waals surface area contributed by atoms with Gasteiger partial charge in [0.1, 0.15) is 17.6 Å². The van der Waals surface area contributed by atoms with Gasteiger partial charge in [0.15, 0.2) is 5.76 Å². The zero-order chi connectivity index (χ0) is 27.9. The van der Waals surface area contributed by atoms with Gasteiger partial charge >= 0.3 is 0 Å². The van der Waals surface area contributed by atoms with Crippen molar-refractivity contribution in [2.45, 2.75) is 25.8 Å². The first-order valence-corrected chi connectivity index (χ1v) is 13.1. The number of hydrogen-bond acceptors (Lipinski definition) is 9. The Hall–Kier alpha value is -4.52. The SMILES string of the molecule is C[C@H](NC(=O)c1ccco1)C(=O)N1CCCN(CCCOc2ccc(-c3noc(-c4cn[nH]c4)n3)c(F)c2)CC1. The third kappa shape index (κ3) is 6.54. The van der Waals surface area contributed by atoms with E-state index in [-0.39, 0.29) is 28.9 Å². The minimum absolute atomic E-state index is 0.117. The topological polar surface area (TPSA) is 143 Å². The third-order valence-electron chi connectivity index (χ3n) is 6.60. The number of aromatic amines is 1. The largest absolute Gasteiger partial charge is 0.493 e. The van der Waals surface area contributed by atoms with Crippen LogP contribution in [0.3, 0.4) is 0 Å². The number of halogens is 1. The smallest absolute Gasteiger partial charge is 0.287 e. The van der Waals surface area contributed by atoms with Crippen molar-refractivity contribution in [3.8, 4) is 28.6 Å². The molecule has 210 valence electrons. The molecule has 5 rings (SSSR count). The van der Waals surface area contributed by atoms with Crippen molar-refractivity contribution in [3.05, 3.63) is 60.6 Å². The molecule has 1 aliphatic rings. The van der Waals surface area contributed by atoms with Gasteiger partial charge in [0, 0.05) is 38.4 Å². The number of amides is 2. The number of rotatable bonds is 10. The highest BCUT2D eigenvalue weighted by Crippen LogP contribution is 2.26. The summed E-state index contributed by atoms with van der Waals surface area (Å²) in [6.07, 6.45) is 6.14. The van der Waals surface area contributed by atoms with Crippen LogP contribution >= 0.6 is 0 Å². The van der Waals surface area contributed by atoms with Crippen molar-refractivity contribution in [3.63, 3.8) is 0 Å². The normalized spacial score (nSPS) is 15.0. The van der Waals surface area contributed by atoms with Crippen molar-refractivity contribution < 1.29 is 27.7 Å². The summed E-state index contributed by atoms with van der Waals surface area (Å²) in [7, 11) is 0. The predicted molar refractivity (Wildman–Crippen MR) is 141 cm³/mol. The van der Waals surface area contributed by atoms with Gasteiger partial charge in [0.05, 0.1) is 30.2 Å². The van der Waals surface area contributed by atoms with E-state index in [9.17, 15) is 14.0 Å². The molecule has 0 bridgehead atoms. The Morgan fingerprint density at radius 2 is 2.12 bits per heavy atom. The number of ether oxygens (including phenoxy) is 1. The van der Waals surface area contributed by atoms with Crippen molar-refractivity contribution in [1.82, 2.24) is 35.5 Å². The lowest BCUT2D eigenvalue weighted by Gasteiger charge is -2.25. The molecule has 1 aliphatic heterocycles. The minimum Gasteiger partial charge on any atom is -0.493 e. The van der Waals surface area contributed by atoms with Crippen LogP contribution < -0.4 is 10.1 Å². The summed E-state index contributed by atoms with van der Waals surface area (Å²) in [6, 6.07) is 7.08. The molecule has 0 aliphatic carbocycles. The summed E-state index contributed by atoms with van der Waals surface area (Å²) in [4.78, 5) is 33.3. The maximum Gasteiger partial charge on any atom is 0.287 e. The van der Waals surface area contributed by atoms with Crippen LogP contribution in [0.2, 0.25) is 0 Å². The second-order valence-electron chi connectivity index (χ2n) is 9.45. The molecule has 2 N–H and O–H groups in total. The molecule has 3 aromatic heterocycles. The second kappa shape index (κ2) is 12.6. The van der Waals surface area contributed by atoms with E-state index in [4.69, 9.17) is 13.7 Å². The van der Waals surface area contributed by atoms with Gasteiger partial charge in [0.2, 0.25) is 11.7 Å². The van der Waals surface area contributed by atoms with Crippen molar-refractivity contribution in [2.75, 3.05) is 39.3 Å². The number of aromatic nitrogens is 4. The highest BCUT2D eigenvalue weighted by Gasteiger charge is 2.25. The molecule has 2 amide bonds. The lowest BCUT2D eigenvalue weighted by atomic mass is 10.2. The molecule has 40 heavy (non-hydrogen) atoms. The molecule has 0 unspecified atom stereocenters. The summed E-state index contributed by atoms with van der Waals surface area (Å²) in [5.74, 6) is -0.0595. The van der Waals surface area contributed by atoms with E-state index in [0.29, 0.717) is 31.0 Å². The molecule has 12 nitrogen and oxygen atoms in total. The van der Waals surface area contributed by atoms with Crippen molar-refractivity contribution >= 4 is 11.8 Å². The summed E-state index contributed by atoms with van der Waals surface area (Å²) in [5, 5.41) is 13.0. The minimum atomic E-state index is -0.650. The number of H-pyrrole nitrogens is 1. The Kier molecular flexibility index (Phi) is 8.50. The van der Waals surface area contributed by atoms with Gasteiger partial charge in [-0.2, -0.15) is 10.1 Å². The zero-order valence-corrected chi connectivity index (χ0v) is 22.0. The standard InChI is InChI=1S/C27H30FN7O5/c1-18(31-25(36)23-5-2-13-39-23)27(37)35-10-3-8-34(11-12-35)9-4-14-38-20-6-7-21(22(28)15-20)24-32-26(40-33-24)19-16-29-30-17-19/h2,5-7,13,15-18H,3-4,8-12,14H2,1H3,(H,29,30)(H,31,36)/t18-/m0/s1. The fraction of sp³-hybridized carbons (Fsp3) is 0.370. The van der Waals surface area contributed by atoms with E-state index < -0.39 is 17.8 Å². The molecule has 0 saturated carbocycles. The van der Waals surface area contributed by atoms with Crippen LogP contribution in [0, 0.1) is 5.82 Å². The molecule has 4 heterocycles. The maximum atomic E-state index is 14.7. The molecule has 0 radical (unpaired) electrons. The van der Waals surface area contributed by atoms with E-state index >= 15 is 0 Å². The molecule has 1 aromatic carbocycles. The molecular weight excluding hydrogens is 521 g/mol. The Balaban J connectivity index is 1.04. The number of furan rings is 1. The Morgan fingerprint density at radius 3 is 2.90 bits per heavy atom. The van der Waals surface area contributed by atoms with Gasteiger partial charge in [-0.3, -0.25) is 14.7 Å². The molecule has 4 aromatic rings. The summed E-state index contributed by atoms with van der Waals surface area (Å²) >= 11 is 0. The average molecular weight is 552 g/mol. The number of carbonyl (C=O) groups excluding carboxylic acids is 2. The molecule has 1 atom stereocenters. The number of nitrogens with one attached hydrogen (secondary N) is 2. The van der Waals surface area contributed by atoms with Gasteiger partial charge in [-0.25, -0.2) is 4.39 Å². The molecule has 1 saturated heterocycles.